The van der Waals surface area contributed by atoms with Crippen molar-refractivity contribution in [1.82, 2.24) is 13.7 Å². The number of nitrogens with zero attached hydrogens (tertiary/aromatic N) is 3. The van der Waals surface area contributed by atoms with Crippen molar-refractivity contribution < 1.29 is 28.6 Å². The molecule has 0 fully saturated rings. The number of unbranched alkanes of at least 4 members (excludes halogenated alkanes) is 9. The van der Waals surface area contributed by atoms with Crippen LogP contribution in [-0.2, 0) is 33.8 Å². The van der Waals surface area contributed by atoms with Crippen molar-refractivity contribution >= 4 is 83.3 Å². The van der Waals surface area contributed by atoms with E-state index < -0.39 is 0 Å². The van der Waals surface area contributed by atoms with Crippen LogP contribution in [0.5, 0.6) is 0 Å². The third-order valence-electron chi connectivity index (χ3n) is 15.8. The fraction of sp³-hybridized carbons (Fsp3) is 0.348. The highest BCUT2D eigenvalue weighted by Crippen LogP contribution is 2.50. The van der Waals surface area contributed by atoms with Crippen LogP contribution in [0.25, 0.3) is 98.8 Å². The summed E-state index contributed by atoms with van der Waals surface area (Å²) in [5, 5.41) is 7.40. The summed E-state index contributed by atoms with van der Waals surface area (Å²) in [6, 6.07) is 44.5. The van der Waals surface area contributed by atoms with Crippen molar-refractivity contribution in [3.63, 3.8) is 0 Å². The molecule has 9 heteroatoms. The molecule has 0 spiro atoms. The third-order valence-corrected chi connectivity index (χ3v) is 15.8. The van der Waals surface area contributed by atoms with E-state index in [2.05, 4.69) is 89.1 Å². The van der Waals surface area contributed by atoms with E-state index in [-0.39, 0.29) is 17.9 Å². The van der Waals surface area contributed by atoms with Gasteiger partial charge >= 0.3 is 17.9 Å². The summed E-state index contributed by atoms with van der Waals surface area (Å²) >= 11 is 0. The fourth-order valence-electron chi connectivity index (χ4n) is 11.9. The first-order valence-electron chi connectivity index (χ1n) is 29.1. The lowest BCUT2D eigenvalue weighted by Crippen LogP contribution is -2.03. The van der Waals surface area contributed by atoms with Crippen molar-refractivity contribution in [2.24, 2.45) is 0 Å². The van der Waals surface area contributed by atoms with E-state index in [0.29, 0.717) is 36.5 Å². The number of carbonyl (C=O) groups is 3. The van der Waals surface area contributed by atoms with E-state index in [1.807, 2.05) is 93.6 Å². The second-order valence-electron chi connectivity index (χ2n) is 20.9. The molecule has 0 atom stereocenters. The van der Waals surface area contributed by atoms with Crippen LogP contribution in [0.4, 0.5) is 0 Å². The zero-order chi connectivity index (χ0) is 54.3. The second kappa shape index (κ2) is 24.3. The van der Waals surface area contributed by atoms with Crippen LogP contribution >= 0.6 is 0 Å². The Labute approximate surface area is 459 Å². The molecule has 0 aliphatic rings. The number of aryl methyl sites for hydroxylation is 3. The first-order valence-corrected chi connectivity index (χ1v) is 29.1. The highest BCUT2D eigenvalue weighted by atomic mass is 16.5. The van der Waals surface area contributed by atoms with Gasteiger partial charge in [0.1, 0.15) is 0 Å². The highest BCUT2D eigenvalue weighted by molar-refractivity contribution is 6.40. The van der Waals surface area contributed by atoms with E-state index >= 15 is 0 Å². The molecule has 0 aliphatic carbocycles. The van der Waals surface area contributed by atoms with Gasteiger partial charge in [-0.15, -0.1) is 0 Å². The van der Waals surface area contributed by atoms with E-state index in [9.17, 15) is 14.4 Å². The van der Waals surface area contributed by atoms with Gasteiger partial charge in [-0.2, -0.15) is 0 Å². The van der Waals surface area contributed by atoms with Crippen molar-refractivity contribution in [2.45, 2.75) is 138 Å². The predicted molar refractivity (Wildman–Crippen MR) is 322 cm³/mol. The number of hydrogen-bond acceptors (Lipinski definition) is 6. The first kappa shape index (κ1) is 53.7. The number of fused-ring (bicyclic) bond motifs is 12. The normalized spacial score (nSPS) is 11.8. The molecule has 0 unspecified atom stereocenters. The molecular formula is C69H75N3O6. The Bertz CT molecular complexity index is 3360. The molecular weight excluding hydrogens is 967 g/mol. The molecule has 0 N–H and O–H groups in total. The average molecular weight is 1040 g/mol. The number of benzene rings is 7. The van der Waals surface area contributed by atoms with Gasteiger partial charge in [0.25, 0.3) is 0 Å². The maximum atomic E-state index is 12.8. The standard InChI is InChI=1S/C69H75N3O6/c1-7-13-16-19-40-70-58-37-34-52(46-22-28-49(29-23-46)67(73)76-10-4)43-55(58)61-64(70)62-56-44-53(47-24-30-50(31-25-47)68(74)77-11-5)35-38-59(56)71(41-20-17-14-8-2)66(62)63-57-45-54(48-26-32-51(33-27-48)69(75)78-12-6)36-39-60(57)72(65(61)63)42-21-18-15-9-3/h22-39,43-45H,7-21,40-42H2,1-6H3. The van der Waals surface area contributed by atoms with Crippen LogP contribution in [0.2, 0.25) is 0 Å². The van der Waals surface area contributed by atoms with Gasteiger partial charge in [0.2, 0.25) is 0 Å². The van der Waals surface area contributed by atoms with Crippen LogP contribution in [0.1, 0.15) is 150 Å². The molecule has 3 heterocycles. The molecule has 10 aromatic rings. The quantitative estimate of drug-likeness (QED) is 0.0340. The Morgan fingerprint density at radius 1 is 0.321 bits per heavy atom. The minimum absolute atomic E-state index is 0.318. The summed E-state index contributed by atoms with van der Waals surface area (Å²) in [7, 11) is 0. The number of carbonyl (C=O) groups excluding carboxylic acids is 3. The summed E-state index contributed by atoms with van der Waals surface area (Å²) < 4.78 is 24.1. The monoisotopic (exact) mass is 1040 g/mol. The van der Waals surface area contributed by atoms with Gasteiger partial charge in [-0.05, 0) is 146 Å². The van der Waals surface area contributed by atoms with Crippen LogP contribution in [-0.4, -0.2) is 51.4 Å². The van der Waals surface area contributed by atoms with Gasteiger partial charge in [0.15, 0.2) is 0 Å². The van der Waals surface area contributed by atoms with E-state index in [1.54, 1.807) is 0 Å². The lowest BCUT2D eigenvalue weighted by atomic mass is 9.97. The number of ether oxygens (including phenoxy) is 3. The molecule has 10 rings (SSSR count). The Kier molecular flexibility index (Phi) is 16.8. The average Bonchev–Trinajstić information content (AvgIpc) is 4.15. The molecule has 402 valence electrons. The molecule has 0 bridgehead atoms. The maximum absolute atomic E-state index is 12.8. The molecule has 0 radical (unpaired) electrons. The summed E-state index contributed by atoms with van der Waals surface area (Å²) in [5.74, 6) is -0.953. The third kappa shape index (κ3) is 10.4. The predicted octanol–water partition coefficient (Wildman–Crippen LogP) is 18.3. The minimum atomic E-state index is -0.318. The van der Waals surface area contributed by atoms with Crippen LogP contribution < -0.4 is 0 Å². The zero-order valence-corrected chi connectivity index (χ0v) is 46.6. The SMILES string of the molecule is CCCCCCn1c2ccc(-c3ccc(C(=O)OCC)cc3)cc2c2c1c1c3cc(-c4ccc(C(=O)OCC)cc4)ccc3n(CCCCCC)c1c1c3cc(-c4ccc(C(=O)OCC)cc4)ccc3n(CCCCCC)c21. The molecule has 78 heavy (non-hydrogen) atoms. The number of hydrogen-bond donors (Lipinski definition) is 0. The van der Waals surface area contributed by atoms with Crippen molar-refractivity contribution in [1.29, 1.82) is 0 Å². The van der Waals surface area contributed by atoms with Crippen molar-refractivity contribution in [3.8, 4) is 33.4 Å². The Hall–Kier alpha value is -7.65. The molecule has 0 aliphatic heterocycles. The van der Waals surface area contributed by atoms with Gasteiger partial charge in [-0.25, -0.2) is 14.4 Å². The van der Waals surface area contributed by atoms with E-state index in [0.717, 1.165) is 111 Å². The number of rotatable bonds is 24. The summed E-state index contributed by atoms with van der Waals surface area (Å²) in [4.78, 5) is 38.5. The Morgan fingerprint density at radius 2 is 0.577 bits per heavy atom. The van der Waals surface area contributed by atoms with Gasteiger partial charge in [-0.1, -0.05) is 133 Å². The number of esters is 3. The lowest BCUT2D eigenvalue weighted by Gasteiger charge is -2.13. The summed E-state index contributed by atoms with van der Waals surface area (Å²) in [6.45, 7) is 15.9. The molecule has 0 saturated carbocycles. The van der Waals surface area contributed by atoms with Crippen LogP contribution in [0.3, 0.4) is 0 Å². The van der Waals surface area contributed by atoms with Gasteiger partial charge < -0.3 is 27.9 Å². The van der Waals surface area contributed by atoms with Gasteiger partial charge in [0, 0.05) is 68.5 Å². The largest absolute Gasteiger partial charge is 0.462 e. The summed E-state index contributed by atoms with van der Waals surface area (Å²) in [5.41, 5.74) is 15.4. The molecule has 3 aromatic heterocycles. The Balaban J connectivity index is 1.35. The highest BCUT2D eigenvalue weighted by Gasteiger charge is 2.29. The van der Waals surface area contributed by atoms with E-state index in [1.165, 1.54) is 84.7 Å². The lowest BCUT2D eigenvalue weighted by molar-refractivity contribution is 0.0517. The maximum Gasteiger partial charge on any atom is 0.338 e. The van der Waals surface area contributed by atoms with Gasteiger partial charge in [-0.3, -0.25) is 0 Å². The van der Waals surface area contributed by atoms with Crippen LogP contribution in [0, 0.1) is 0 Å². The molecule has 0 saturated heterocycles. The Morgan fingerprint density at radius 3 is 0.821 bits per heavy atom. The van der Waals surface area contributed by atoms with E-state index in [4.69, 9.17) is 14.2 Å². The molecule has 9 nitrogen and oxygen atoms in total. The zero-order valence-electron chi connectivity index (χ0n) is 46.6. The first-order chi connectivity index (χ1) is 38.2. The van der Waals surface area contributed by atoms with Gasteiger partial charge in [0.05, 0.1) is 53.1 Å². The number of aromatic nitrogens is 3. The van der Waals surface area contributed by atoms with Crippen molar-refractivity contribution in [3.05, 3.63) is 144 Å². The molecule has 7 aromatic carbocycles. The topological polar surface area (TPSA) is 93.7 Å². The summed E-state index contributed by atoms with van der Waals surface area (Å²) in [6.07, 6.45) is 13.6. The fourth-order valence-corrected chi connectivity index (χ4v) is 11.9. The minimum Gasteiger partial charge on any atom is -0.462 e. The second-order valence-corrected chi connectivity index (χ2v) is 20.9. The molecule has 0 amide bonds. The van der Waals surface area contributed by atoms with Crippen LogP contribution in [0.15, 0.2) is 127 Å². The van der Waals surface area contributed by atoms with Crippen molar-refractivity contribution in [2.75, 3.05) is 19.8 Å². The smallest absolute Gasteiger partial charge is 0.338 e.